The molecule has 0 bridgehead atoms. The standard InChI is InChI=1S/C12H24N2S/c1-4-10(2)9-14(3)12(15)13-11-7-5-6-8-11/h10-11H,4-9H2,1-3H3,(H,13,15). The summed E-state index contributed by atoms with van der Waals surface area (Å²) < 4.78 is 0. The summed E-state index contributed by atoms with van der Waals surface area (Å²) in [5.41, 5.74) is 0. The summed E-state index contributed by atoms with van der Waals surface area (Å²) in [5, 5.41) is 4.40. The summed E-state index contributed by atoms with van der Waals surface area (Å²) >= 11 is 5.39. The molecule has 1 saturated carbocycles. The van der Waals surface area contributed by atoms with Crippen LogP contribution in [-0.2, 0) is 0 Å². The maximum atomic E-state index is 5.39. The lowest BCUT2D eigenvalue weighted by atomic mass is 10.1. The third-order valence-electron chi connectivity index (χ3n) is 3.31. The topological polar surface area (TPSA) is 15.3 Å². The number of nitrogens with one attached hydrogen (secondary N) is 1. The molecule has 1 aliphatic carbocycles. The predicted molar refractivity (Wildman–Crippen MR) is 70.1 cm³/mol. The van der Waals surface area contributed by atoms with Gasteiger partial charge in [-0.3, -0.25) is 0 Å². The molecule has 0 aliphatic heterocycles. The number of thiocarbonyl (C=S) groups is 1. The van der Waals surface area contributed by atoms with Crippen LogP contribution in [0, 0.1) is 5.92 Å². The Kier molecular flexibility index (Phi) is 5.37. The minimum absolute atomic E-state index is 0.636. The van der Waals surface area contributed by atoms with Crippen LogP contribution in [0.4, 0.5) is 0 Å². The first kappa shape index (κ1) is 12.8. The Morgan fingerprint density at radius 1 is 1.47 bits per heavy atom. The van der Waals surface area contributed by atoms with E-state index in [1.54, 1.807) is 0 Å². The zero-order chi connectivity index (χ0) is 11.3. The van der Waals surface area contributed by atoms with Crippen molar-refractivity contribution in [3.05, 3.63) is 0 Å². The summed E-state index contributed by atoms with van der Waals surface area (Å²) in [7, 11) is 2.09. The first-order valence-corrected chi connectivity index (χ1v) is 6.56. The third kappa shape index (κ3) is 4.37. The highest BCUT2D eigenvalue weighted by atomic mass is 32.1. The fraction of sp³-hybridized carbons (Fsp3) is 0.917. The lowest BCUT2D eigenvalue weighted by Gasteiger charge is -2.26. The van der Waals surface area contributed by atoms with Crippen molar-refractivity contribution >= 4 is 17.3 Å². The van der Waals surface area contributed by atoms with Gasteiger partial charge in [0.1, 0.15) is 0 Å². The Morgan fingerprint density at radius 3 is 2.60 bits per heavy atom. The zero-order valence-corrected chi connectivity index (χ0v) is 11.1. The van der Waals surface area contributed by atoms with Crippen molar-refractivity contribution in [1.29, 1.82) is 0 Å². The van der Waals surface area contributed by atoms with Gasteiger partial charge >= 0.3 is 0 Å². The Balaban J connectivity index is 2.25. The normalized spacial score (nSPS) is 18.9. The quantitative estimate of drug-likeness (QED) is 0.745. The molecule has 0 radical (unpaired) electrons. The molecule has 0 aromatic rings. The Morgan fingerprint density at radius 2 is 2.07 bits per heavy atom. The van der Waals surface area contributed by atoms with Crippen molar-refractivity contribution < 1.29 is 0 Å². The average molecular weight is 228 g/mol. The molecule has 0 aromatic heterocycles. The van der Waals surface area contributed by atoms with Gasteiger partial charge in [0.25, 0.3) is 0 Å². The molecule has 0 aromatic carbocycles. The van der Waals surface area contributed by atoms with E-state index in [0.29, 0.717) is 6.04 Å². The molecular formula is C12H24N2S. The van der Waals surface area contributed by atoms with Crippen LogP contribution in [-0.4, -0.2) is 29.6 Å². The Bertz CT molecular complexity index is 200. The molecule has 88 valence electrons. The van der Waals surface area contributed by atoms with Gasteiger partial charge in [0, 0.05) is 19.6 Å². The van der Waals surface area contributed by atoms with Gasteiger partial charge < -0.3 is 10.2 Å². The summed E-state index contributed by atoms with van der Waals surface area (Å²) in [5.74, 6) is 0.721. The van der Waals surface area contributed by atoms with E-state index in [1.807, 2.05) is 0 Å². The van der Waals surface area contributed by atoms with Crippen LogP contribution in [0.3, 0.4) is 0 Å². The van der Waals surface area contributed by atoms with E-state index in [0.717, 1.165) is 17.6 Å². The van der Waals surface area contributed by atoms with Gasteiger partial charge in [-0.25, -0.2) is 0 Å². The molecule has 1 atom stereocenters. The Hall–Kier alpha value is -0.310. The number of rotatable bonds is 4. The van der Waals surface area contributed by atoms with E-state index >= 15 is 0 Å². The summed E-state index contributed by atoms with van der Waals surface area (Å²) in [4.78, 5) is 2.18. The number of hydrogen-bond acceptors (Lipinski definition) is 1. The summed E-state index contributed by atoms with van der Waals surface area (Å²) in [6.45, 7) is 5.57. The van der Waals surface area contributed by atoms with E-state index in [-0.39, 0.29) is 0 Å². The van der Waals surface area contributed by atoms with E-state index in [2.05, 4.69) is 31.1 Å². The second-order valence-electron chi connectivity index (χ2n) is 4.82. The first-order valence-electron chi connectivity index (χ1n) is 6.15. The van der Waals surface area contributed by atoms with Crippen molar-refractivity contribution in [2.24, 2.45) is 5.92 Å². The van der Waals surface area contributed by atoms with Crippen LogP contribution in [0.2, 0.25) is 0 Å². The number of nitrogens with zero attached hydrogens (tertiary/aromatic N) is 1. The second-order valence-corrected chi connectivity index (χ2v) is 5.21. The first-order chi connectivity index (χ1) is 7.13. The highest BCUT2D eigenvalue weighted by molar-refractivity contribution is 7.80. The molecule has 1 N–H and O–H groups in total. The SMILES string of the molecule is CCC(C)CN(C)C(=S)NC1CCCC1. The van der Waals surface area contributed by atoms with E-state index in [4.69, 9.17) is 12.2 Å². The molecule has 1 aliphatic rings. The minimum atomic E-state index is 0.636. The minimum Gasteiger partial charge on any atom is -0.360 e. The fourth-order valence-corrected chi connectivity index (χ4v) is 2.28. The van der Waals surface area contributed by atoms with Crippen molar-refractivity contribution in [3.63, 3.8) is 0 Å². The number of hydrogen-bond donors (Lipinski definition) is 1. The molecule has 1 fully saturated rings. The average Bonchev–Trinajstić information content (AvgIpc) is 2.70. The highest BCUT2D eigenvalue weighted by Gasteiger charge is 2.17. The fourth-order valence-electron chi connectivity index (χ4n) is 2.03. The summed E-state index contributed by atoms with van der Waals surface area (Å²) in [6.07, 6.45) is 6.51. The molecule has 0 amide bonds. The van der Waals surface area contributed by atoms with Crippen molar-refractivity contribution in [2.45, 2.75) is 52.0 Å². The van der Waals surface area contributed by atoms with Crippen LogP contribution < -0.4 is 5.32 Å². The maximum absolute atomic E-state index is 5.39. The van der Waals surface area contributed by atoms with Gasteiger partial charge in [0.15, 0.2) is 5.11 Å². The van der Waals surface area contributed by atoms with E-state index in [9.17, 15) is 0 Å². The van der Waals surface area contributed by atoms with Gasteiger partial charge in [-0.2, -0.15) is 0 Å². The van der Waals surface area contributed by atoms with E-state index < -0.39 is 0 Å². The smallest absolute Gasteiger partial charge is 0.168 e. The largest absolute Gasteiger partial charge is 0.360 e. The molecular weight excluding hydrogens is 204 g/mol. The van der Waals surface area contributed by atoms with Crippen LogP contribution in [0.5, 0.6) is 0 Å². The molecule has 2 nitrogen and oxygen atoms in total. The van der Waals surface area contributed by atoms with Gasteiger partial charge in [0.05, 0.1) is 0 Å². The molecule has 0 spiro atoms. The van der Waals surface area contributed by atoms with Crippen molar-refractivity contribution in [3.8, 4) is 0 Å². The van der Waals surface area contributed by atoms with Gasteiger partial charge in [-0.15, -0.1) is 0 Å². The van der Waals surface area contributed by atoms with Crippen LogP contribution in [0.15, 0.2) is 0 Å². The lowest BCUT2D eigenvalue weighted by molar-refractivity contribution is 0.386. The maximum Gasteiger partial charge on any atom is 0.168 e. The molecule has 15 heavy (non-hydrogen) atoms. The molecule has 0 heterocycles. The molecule has 1 rings (SSSR count). The van der Waals surface area contributed by atoms with Crippen LogP contribution in [0.25, 0.3) is 0 Å². The van der Waals surface area contributed by atoms with Crippen LogP contribution in [0.1, 0.15) is 46.0 Å². The molecule has 0 saturated heterocycles. The zero-order valence-electron chi connectivity index (χ0n) is 10.3. The van der Waals surface area contributed by atoms with Gasteiger partial charge in [-0.1, -0.05) is 33.1 Å². The van der Waals surface area contributed by atoms with Gasteiger partial charge in [0.2, 0.25) is 0 Å². The predicted octanol–water partition coefficient (Wildman–Crippen LogP) is 2.78. The second kappa shape index (κ2) is 6.31. The summed E-state index contributed by atoms with van der Waals surface area (Å²) in [6, 6.07) is 0.636. The lowest BCUT2D eigenvalue weighted by Crippen LogP contribution is -2.43. The Labute approximate surface area is 99.4 Å². The van der Waals surface area contributed by atoms with Gasteiger partial charge in [-0.05, 0) is 31.0 Å². The van der Waals surface area contributed by atoms with Crippen LogP contribution >= 0.6 is 12.2 Å². The molecule has 3 heteroatoms. The monoisotopic (exact) mass is 228 g/mol. The highest BCUT2D eigenvalue weighted by Crippen LogP contribution is 2.17. The molecule has 1 unspecified atom stereocenters. The van der Waals surface area contributed by atoms with Crippen molar-refractivity contribution in [2.75, 3.05) is 13.6 Å². The van der Waals surface area contributed by atoms with Crippen molar-refractivity contribution in [1.82, 2.24) is 10.2 Å². The van der Waals surface area contributed by atoms with E-state index in [1.165, 1.54) is 32.1 Å². The third-order valence-corrected chi connectivity index (χ3v) is 3.74.